The Hall–Kier alpha value is -1.07. The van der Waals surface area contributed by atoms with Crippen molar-refractivity contribution in [2.45, 2.75) is 26.3 Å². The van der Waals surface area contributed by atoms with Crippen molar-refractivity contribution in [3.05, 3.63) is 28.2 Å². The fourth-order valence-corrected chi connectivity index (χ4v) is 3.26. The molecule has 21 heavy (non-hydrogen) atoms. The van der Waals surface area contributed by atoms with Gasteiger partial charge in [0.1, 0.15) is 12.3 Å². The highest BCUT2D eigenvalue weighted by Gasteiger charge is 2.28. The van der Waals surface area contributed by atoms with Gasteiger partial charge in [-0.3, -0.25) is 4.79 Å². The summed E-state index contributed by atoms with van der Waals surface area (Å²) in [6.45, 7) is 5.26. The van der Waals surface area contributed by atoms with Crippen molar-refractivity contribution in [1.29, 1.82) is 0 Å². The number of halogens is 1. The Balaban J connectivity index is 1.92. The molecule has 0 unspecified atom stereocenters. The molecule has 1 aliphatic heterocycles. The van der Waals surface area contributed by atoms with Crippen molar-refractivity contribution in [2.24, 2.45) is 5.92 Å². The molecule has 1 saturated heterocycles. The Bertz CT molecular complexity index is 484. The first-order chi connectivity index (χ1) is 10.1. The van der Waals surface area contributed by atoms with Crippen molar-refractivity contribution in [3.8, 4) is 5.75 Å². The Kier molecular flexibility index (Phi) is 6.06. The van der Waals surface area contributed by atoms with Crippen LogP contribution < -0.4 is 9.64 Å². The van der Waals surface area contributed by atoms with E-state index in [4.69, 9.17) is 9.47 Å². The summed E-state index contributed by atoms with van der Waals surface area (Å²) < 4.78 is 11.6. The fourth-order valence-electron chi connectivity index (χ4n) is 2.85. The van der Waals surface area contributed by atoms with Crippen LogP contribution in [0.25, 0.3) is 0 Å². The number of methoxy groups -OCH3 is 1. The number of nitrogens with one attached hydrogen (secondary N) is 1. The van der Waals surface area contributed by atoms with E-state index in [2.05, 4.69) is 22.0 Å². The van der Waals surface area contributed by atoms with E-state index in [1.807, 2.05) is 19.1 Å². The van der Waals surface area contributed by atoms with Gasteiger partial charge in [-0.2, -0.15) is 0 Å². The minimum absolute atomic E-state index is 0.0309. The molecule has 116 valence electrons. The second kappa shape index (κ2) is 7.80. The predicted molar refractivity (Wildman–Crippen MR) is 84.5 cm³/mol. The number of piperidine rings is 1. The summed E-state index contributed by atoms with van der Waals surface area (Å²) in [6.07, 6.45) is 1.81. The minimum Gasteiger partial charge on any atom is -0.496 e. The molecule has 0 radical (unpaired) electrons. The summed E-state index contributed by atoms with van der Waals surface area (Å²) in [6, 6.07) is 6.10. The van der Waals surface area contributed by atoms with E-state index in [1.165, 1.54) is 10.5 Å². The molecule has 0 atom stereocenters. The molecule has 0 bridgehead atoms. The van der Waals surface area contributed by atoms with Crippen LogP contribution >= 0.6 is 15.9 Å². The lowest BCUT2D eigenvalue weighted by molar-refractivity contribution is -0.919. The van der Waals surface area contributed by atoms with Gasteiger partial charge < -0.3 is 14.4 Å². The summed E-state index contributed by atoms with van der Waals surface area (Å²) >= 11 is 3.51. The lowest BCUT2D eigenvalue weighted by Crippen LogP contribution is -3.11. The molecule has 0 amide bonds. The Morgan fingerprint density at radius 1 is 1.38 bits per heavy atom. The van der Waals surface area contributed by atoms with Crippen LogP contribution in [0.1, 0.15) is 25.3 Å². The Labute approximate surface area is 134 Å². The van der Waals surface area contributed by atoms with Gasteiger partial charge in [-0.05, 0) is 25.1 Å². The van der Waals surface area contributed by atoms with Crippen LogP contribution in [0.2, 0.25) is 0 Å². The first-order valence-electron chi connectivity index (χ1n) is 7.46. The van der Waals surface area contributed by atoms with E-state index in [9.17, 15) is 4.79 Å². The zero-order chi connectivity index (χ0) is 15.2. The van der Waals surface area contributed by atoms with Crippen LogP contribution in [0.5, 0.6) is 5.75 Å². The second-order valence-electron chi connectivity index (χ2n) is 5.41. The molecule has 1 aromatic rings. The van der Waals surface area contributed by atoms with Gasteiger partial charge in [0, 0.05) is 22.9 Å². The first kappa shape index (κ1) is 16.3. The van der Waals surface area contributed by atoms with Crippen LogP contribution in [0.15, 0.2) is 22.7 Å². The van der Waals surface area contributed by atoms with Gasteiger partial charge in [0.25, 0.3) is 0 Å². The molecule has 1 fully saturated rings. The number of benzene rings is 1. The number of carbonyl (C=O) groups is 1. The van der Waals surface area contributed by atoms with Crippen LogP contribution in [0.4, 0.5) is 0 Å². The zero-order valence-corrected chi connectivity index (χ0v) is 14.2. The van der Waals surface area contributed by atoms with Crippen LogP contribution in [-0.4, -0.2) is 32.8 Å². The maximum Gasteiger partial charge on any atom is 0.309 e. The summed E-state index contributed by atoms with van der Waals surface area (Å²) in [5, 5.41) is 0. The molecule has 1 heterocycles. The third-order valence-electron chi connectivity index (χ3n) is 4.00. The molecule has 5 heteroatoms. The number of rotatable bonds is 5. The molecule has 4 nitrogen and oxygen atoms in total. The van der Waals surface area contributed by atoms with Gasteiger partial charge in [0.05, 0.1) is 32.7 Å². The number of carbonyl (C=O) groups excluding carboxylic acids is 1. The number of quaternary nitrogens is 1. The third-order valence-corrected chi connectivity index (χ3v) is 4.49. The Morgan fingerprint density at radius 2 is 2.10 bits per heavy atom. The van der Waals surface area contributed by atoms with E-state index in [1.54, 1.807) is 7.11 Å². The smallest absolute Gasteiger partial charge is 0.309 e. The summed E-state index contributed by atoms with van der Waals surface area (Å²) in [5.74, 6) is 0.980. The largest absolute Gasteiger partial charge is 0.496 e. The van der Waals surface area contributed by atoms with Crippen molar-refractivity contribution in [2.75, 3.05) is 26.8 Å². The molecule has 0 aromatic heterocycles. The maximum atomic E-state index is 11.8. The predicted octanol–water partition coefficient (Wildman–Crippen LogP) is 1.82. The SMILES string of the molecule is CCOC(=O)C1CC[NH+](Cc2cc(Br)ccc2OC)CC1. The van der Waals surface area contributed by atoms with Crippen molar-refractivity contribution in [1.82, 2.24) is 0 Å². The first-order valence-corrected chi connectivity index (χ1v) is 8.26. The maximum absolute atomic E-state index is 11.8. The number of hydrogen-bond acceptors (Lipinski definition) is 3. The molecule has 2 rings (SSSR count). The summed E-state index contributed by atoms with van der Waals surface area (Å²) in [7, 11) is 1.70. The minimum atomic E-state index is -0.0309. The van der Waals surface area contributed by atoms with Crippen LogP contribution in [0, 0.1) is 5.92 Å². The van der Waals surface area contributed by atoms with E-state index < -0.39 is 0 Å². The number of likely N-dealkylation sites (tertiary alicyclic amines) is 1. The average Bonchev–Trinajstić information content (AvgIpc) is 2.48. The van der Waals surface area contributed by atoms with Crippen LogP contribution in [-0.2, 0) is 16.1 Å². The van der Waals surface area contributed by atoms with E-state index in [0.29, 0.717) is 6.61 Å². The topological polar surface area (TPSA) is 40.0 Å². The fraction of sp³-hybridized carbons (Fsp3) is 0.562. The van der Waals surface area contributed by atoms with E-state index in [-0.39, 0.29) is 11.9 Å². The highest BCUT2D eigenvalue weighted by Crippen LogP contribution is 2.22. The highest BCUT2D eigenvalue weighted by molar-refractivity contribution is 9.10. The molecular formula is C16H23BrNO3+. The highest BCUT2D eigenvalue weighted by atomic mass is 79.9. The standard InChI is InChI=1S/C16H22BrNO3/c1-3-21-16(19)12-6-8-18(9-7-12)11-13-10-14(17)4-5-15(13)20-2/h4-5,10,12H,3,6-9,11H2,1-2H3/p+1. The van der Waals surface area contributed by atoms with Crippen molar-refractivity contribution < 1.29 is 19.2 Å². The Morgan fingerprint density at radius 3 is 2.71 bits per heavy atom. The normalized spacial score (nSPS) is 21.9. The van der Waals surface area contributed by atoms with E-state index >= 15 is 0 Å². The van der Waals surface area contributed by atoms with E-state index in [0.717, 1.165) is 42.7 Å². The summed E-state index contributed by atoms with van der Waals surface area (Å²) in [4.78, 5) is 13.2. The molecule has 0 saturated carbocycles. The zero-order valence-electron chi connectivity index (χ0n) is 12.7. The summed E-state index contributed by atoms with van der Waals surface area (Å²) in [5.41, 5.74) is 1.21. The van der Waals surface area contributed by atoms with Gasteiger partial charge >= 0.3 is 5.97 Å². The van der Waals surface area contributed by atoms with Gasteiger partial charge in [-0.1, -0.05) is 15.9 Å². The number of hydrogen-bond donors (Lipinski definition) is 1. The number of ether oxygens (including phenoxy) is 2. The average molecular weight is 357 g/mol. The van der Waals surface area contributed by atoms with Crippen LogP contribution in [0.3, 0.4) is 0 Å². The monoisotopic (exact) mass is 356 g/mol. The quantitative estimate of drug-likeness (QED) is 0.818. The molecule has 1 N–H and O–H groups in total. The van der Waals surface area contributed by atoms with Gasteiger partial charge in [-0.15, -0.1) is 0 Å². The van der Waals surface area contributed by atoms with Gasteiger partial charge in [0.15, 0.2) is 0 Å². The molecular weight excluding hydrogens is 334 g/mol. The molecule has 1 aromatic carbocycles. The second-order valence-corrected chi connectivity index (χ2v) is 6.32. The lowest BCUT2D eigenvalue weighted by atomic mass is 9.96. The van der Waals surface area contributed by atoms with Crippen molar-refractivity contribution in [3.63, 3.8) is 0 Å². The third kappa shape index (κ3) is 4.45. The van der Waals surface area contributed by atoms with Crippen molar-refractivity contribution >= 4 is 21.9 Å². The van der Waals surface area contributed by atoms with Gasteiger partial charge in [0.2, 0.25) is 0 Å². The molecule has 1 aliphatic rings. The lowest BCUT2D eigenvalue weighted by Gasteiger charge is -2.28. The number of esters is 1. The molecule has 0 aliphatic carbocycles. The van der Waals surface area contributed by atoms with Gasteiger partial charge in [-0.25, -0.2) is 0 Å². The molecule has 0 spiro atoms.